The fraction of sp³-hybridized carbons (Fsp3) is 0.167. The van der Waals surface area contributed by atoms with Gasteiger partial charge in [0.25, 0.3) is 0 Å². The van der Waals surface area contributed by atoms with Crippen molar-refractivity contribution in [3.05, 3.63) is 16.0 Å². The molecule has 1 aromatic heterocycles. The van der Waals surface area contributed by atoms with Gasteiger partial charge >= 0.3 is 5.97 Å². The number of primary sulfonamides is 1. The van der Waals surface area contributed by atoms with E-state index in [0.29, 0.717) is 11.3 Å². The van der Waals surface area contributed by atoms with Crippen molar-refractivity contribution in [3.8, 4) is 0 Å². The summed E-state index contributed by atoms with van der Waals surface area (Å²) in [6.45, 7) is 0. The predicted octanol–water partition coefficient (Wildman–Crippen LogP) is 0.836. The third-order valence-electron chi connectivity index (χ3n) is 1.33. The highest BCUT2D eigenvalue weighted by molar-refractivity contribution is 7.91. The van der Waals surface area contributed by atoms with E-state index in [2.05, 4.69) is 4.74 Å². The summed E-state index contributed by atoms with van der Waals surface area (Å²) >= 11 is 6.28. The standard InChI is InChI=1S/C6H6ClNO4S2/c1-12-5(9)3-2-4(7)13-6(3)14(8,10)11/h2H,1H3,(H2,8,10,11). The summed E-state index contributed by atoms with van der Waals surface area (Å²) in [7, 11) is -2.79. The van der Waals surface area contributed by atoms with Gasteiger partial charge in [0.2, 0.25) is 10.0 Å². The van der Waals surface area contributed by atoms with Crippen LogP contribution in [0.5, 0.6) is 0 Å². The van der Waals surface area contributed by atoms with Crippen molar-refractivity contribution in [2.75, 3.05) is 7.11 Å². The molecule has 0 radical (unpaired) electrons. The highest BCUT2D eigenvalue weighted by Crippen LogP contribution is 2.30. The Bertz CT molecular complexity index is 464. The summed E-state index contributed by atoms with van der Waals surface area (Å²) in [5.41, 5.74) is -0.134. The molecule has 0 saturated heterocycles. The molecule has 0 aliphatic heterocycles. The van der Waals surface area contributed by atoms with Crippen molar-refractivity contribution in [1.82, 2.24) is 0 Å². The molecule has 0 amide bonds. The number of sulfonamides is 1. The van der Waals surface area contributed by atoms with Crippen LogP contribution in [-0.4, -0.2) is 21.5 Å². The minimum absolute atomic E-state index is 0.134. The van der Waals surface area contributed by atoms with E-state index in [1.807, 2.05) is 0 Å². The van der Waals surface area contributed by atoms with Crippen LogP contribution in [0.15, 0.2) is 10.3 Å². The Hall–Kier alpha value is -0.630. The van der Waals surface area contributed by atoms with Gasteiger partial charge in [-0.15, -0.1) is 11.3 Å². The predicted molar refractivity (Wildman–Crippen MR) is 52.0 cm³/mol. The lowest BCUT2D eigenvalue weighted by molar-refractivity contribution is 0.0597. The van der Waals surface area contributed by atoms with Gasteiger partial charge in [0.15, 0.2) is 4.21 Å². The number of methoxy groups -OCH3 is 1. The molecular formula is C6H6ClNO4S2. The first-order chi connectivity index (χ1) is 6.36. The summed E-state index contributed by atoms with van der Waals surface area (Å²) in [5.74, 6) is -0.780. The molecule has 78 valence electrons. The van der Waals surface area contributed by atoms with Crippen LogP contribution in [0.4, 0.5) is 0 Å². The fourth-order valence-electron chi connectivity index (χ4n) is 0.809. The zero-order chi connectivity index (χ0) is 10.9. The van der Waals surface area contributed by atoms with E-state index in [4.69, 9.17) is 16.7 Å². The van der Waals surface area contributed by atoms with E-state index in [-0.39, 0.29) is 14.1 Å². The third kappa shape index (κ3) is 2.24. The van der Waals surface area contributed by atoms with Crippen molar-refractivity contribution >= 4 is 38.9 Å². The van der Waals surface area contributed by atoms with Crippen LogP contribution in [0.1, 0.15) is 10.4 Å². The van der Waals surface area contributed by atoms with Crippen LogP contribution in [0.3, 0.4) is 0 Å². The van der Waals surface area contributed by atoms with Crippen molar-refractivity contribution in [1.29, 1.82) is 0 Å². The van der Waals surface area contributed by atoms with E-state index in [1.54, 1.807) is 0 Å². The maximum atomic E-state index is 11.1. The maximum absolute atomic E-state index is 11.1. The molecule has 1 aromatic rings. The number of halogens is 1. The van der Waals surface area contributed by atoms with Crippen LogP contribution >= 0.6 is 22.9 Å². The maximum Gasteiger partial charge on any atom is 0.340 e. The van der Waals surface area contributed by atoms with Crippen molar-refractivity contribution in [2.24, 2.45) is 5.14 Å². The molecular weight excluding hydrogens is 250 g/mol. The van der Waals surface area contributed by atoms with Crippen LogP contribution in [0.25, 0.3) is 0 Å². The number of ether oxygens (including phenoxy) is 1. The molecule has 0 bridgehead atoms. The minimum atomic E-state index is -3.93. The number of carbonyl (C=O) groups excluding carboxylic acids is 1. The summed E-state index contributed by atoms with van der Waals surface area (Å²) in [6.07, 6.45) is 0. The molecule has 14 heavy (non-hydrogen) atoms. The SMILES string of the molecule is COC(=O)c1cc(Cl)sc1S(N)(=O)=O. The second-order valence-electron chi connectivity index (χ2n) is 2.29. The molecule has 5 nitrogen and oxygen atoms in total. The Kier molecular flexibility index (Phi) is 3.15. The van der Waals surface area contributed by atoms with E-state index in [9.17, 15) is 13.2 Å². The second kappa shape index (κ2) is 3.85. The molecule has 0 atom stereocenters. The molecule has 0 aromatic carbocycles. The first-order valence-electron chi connectivity index (χ1n) is 3.26. The van der Waals surface area contributed by atoms with Crippen LogP contribution in [-0.2, 0) is 14.8 Å². The van der Waals surface area contributed by atoms with Gasteiger partial charge in [-0.05, 0) is 6.07 Å². The Labute approximate surface area is 89.5 Å². The fourth-order valence-corrected chi connectivity index (χ4v) is 3.08. The molecule has 0 fully saturated rings. The average molecular weight is 256 g/mol. The second-order valence-corrected chi connectivity index (χ2v) is 5.73. The monoisotopic (exact) mass is 255 g/mol. The highest BCUT2D eigenvalue weighted by Gasteiger charge is 2.23. The van der Waals surface area contributed by atoms with Gasteiger partial charge in [0.05, 0.1) is 17.0 Å². The molecule has 1 heterocycles. The number of carbonyl (C=O) groups is 1. The lowest BCUT2D eigenvalue weighted by atomic mass is 10.3. The molecule has 0 aliphatic carbocycles. The van der Waals surface area contributed by atoms with Crippen molar-refractivity contribution < 1.29 is 17.9 Å². The van der Waals surface area contributed by atoms with E-state index in [1.165, 1.54) is 6.07 Å². The normalized spacial score (nSPS) is 11.4. The summed E-state index contributed by atoms with van der Waals surface area (Å²) in [4.78, 5) is 11.1. The number of hydrogen-bond acceptors (Lipinski definition) is 5. The molecule has 0 unspecified atom stereocenters. The lowest BCUT2D eigenvalue weighted by Crippen LogP contribution is -2.14. The Morgan fingerprint density at radius 2 is 2.21 bits per heavy atom. The quantitative estimate of drug-likeness (QED) is 0.794. The first-order valence-corrected chi connectivity index (χ1v) is 6.01. The van der Waals surface area contributed by atoms with E-state index in [0.717, 1.165) is 7.11 Å². The Morgan fingerprint density at radius 1 is 1.64 bits per heavy atom. The minimum Gasteiger partial charge on any atom is -0.465 e. The van der Waals surface area contributed by atoms with Crippen molar-refractivity contribution in [2.45, 2.75) is 4.21 Å². The van der Waals surface area contributed by atoms with Crippen LogP contribution in [0.2, 0.25) is 4.34 Å². The molecule has 1 rings (SSSR count). The zero-order valence-electron chi connectivity index (χ0n) is 6.98. The topological polar surface area (TPSA) is 86.5 Å². The Morgan fingerprint density at radius 3 is 2.64 bits per heavy atom. The molecule has 0 spiro atoms. The lowest BCUT2D eigenvalue weighted by Gasteiger charge is -1.98. The van der Waals surface area contributed by atoms with E-state index >= 15 is 0 Å². The van der Waals surface area contributed by atoms with Gasteiger partial charge in [0.1, 0.15) is 0 Å². The van der Waals surface area contributed by atoms with Gasteiger partial charge in [-0.25, -0.2) is 18.4 Å². The summed E-state index contributed by atoms with van der Waals surface area (Å²) in [6, 6.07) is 1.21. The Balaban J connectivity index is 3.38. The number of thiophene rings is 1. The highest BCUT2D eigenvalue weighted by atomic mass is 35.5. The van der Waals surface area contributed by atoms with Crippen LogP contribution in [0, 0.1) is 0 Å². The number of esters is 1. The zero-order valence-corrected chi connectivity index (χ0v) is 9.37. The van der Waals surface area contributed by atoms with Gasteiger partial charge in [0, 0.05) is 0 Å². The summed E-state index contributed by atoms with van der Waals surface area (Å²) < 4.78 is 26.3. The van der Waals surface area contributed by atoms with Gasteiger partial charge < -0.3 is 4.74 Å². The first kappa shape index (κ1) is 11.4. The van der Waals surface area contributed by atoms with Crippen LogP contribution < -0.4 is 5.14 Å². The number of nitrogens with two attached hydrogens (primary N) is 1. The summed E-state index contributed by atoms with van der Waals surface area (Å²) in [5, 5.41) is 4.88. The number of hydrogen-bond donors (Lipinski definition) is 1. The molecule has 8 heteroatoms. The van der Waals surface area contributed by atoms with Gasteiger partial charge in [-0.1, -0.05) is 11.6 Å². The molecule has 0 saturated carbocycles. The van der Waals surface area contributed by atoms with Gasteiger partial charge in [-0.3, -0.25) is 0 Å². The van der Waals surface area contributed by atoms with Gasteiger partial charge in [-0.2, -0.15) is 0 Å². The smallest absolute Gasteiger partial charge is 0.340 e. The molecule has 2 N–H and O–H groups in total. The largest absolute Gasteiger partial charge is 0.465 e. The van der Waals surface area contributed by atoms with E-state index < -0.39 is 16.0 Å². The third-order valence-corrected chi connectivity index (χ3v) is 4.07. The average Bonchev–Trinajstić information content (AvgIpc) is 2.45. The molecule has 0 aliphatic rings. The number of rotatable bonds is 2. The van der Waals surface area contributed by atoms with Crippen molar-refractivity contribution in [3.63, 3.8) is 0 Å².